The van der Waals surface area contributed by atoms with E-state index < -0.39 is 0 Å². The maximum absolute atomic E-state index is 3.55. The summed E-state index contributed by atoms with van der Waals surface area (Å²) in [4.78, 5) is 2.54. The number of nitrogens with zero attached hydrogens (tertiary/aromatic N) is 1. The molecule has 1 fully saturated rings. The summed E-state index contributed by atoms with van der Waals surface area (Å²) in [5.74, 6) is 0. The predicted molar refractivity (Wildman–Crippen MR) is 67.3 cm³/mol. The second kappa shape index (κ2) is 5.86. The highest BCUT2D eigenvalue weighted by molar-refractivity contribution is 4.76. The maximum atomic E-state index is 3.55. The maximum Gasteiger partial charge on any atom is 0.0107 e. The normalized spacial score (nSPS) is 19.8. The fourth-order valence-electron chi connectivity index (χ4n) is 2.31. The smallest absolute Gasteiger partial charge is 0.0107 e. The molecule has 0 aliphatic heterocycles. The van der Waals surface area contributed by atoms with Gasteiger partial charge in [0.25, 0.3) is 0 Å². The zero-order chi connectivity index (χ0) is 11.3. The molecule has 0 bridgehead atoms. The van der Waals surface area contributed by atoms with Gasteiger partial charge >= 0.3 is 0 Å². The summed E-state index contributed by atoms with van der Waals surface area (Å²) in [7, 11) is 2.28. The SMILES string of the molecule is CN(CCNC(C)(C)C)C1CCCCC1. The second-order valence-corrected chi connectivity index (χ2v) is 5.95. The van der Waals surface area contributed by atoms with Crippen molar-refractivity contribution in [3.05, 3.63) is 0 Å². The second-order valence-electron chi connectivity index (χ2n) is 5.95. The molecule has 0 aromatic carbocycles. The lowest BCUT2D eigenvalue weighted by Gasteiger charge is -2.32. The Labute approximate surface area is 95.4 Å². The van der Waals surface area contributed by atoms with Crippen LogP contribution in [-0.4, -0.2) is 36.6 Å². The summed E-state index contributed by atoms with van der Waals surface area (Å²) in [6, 6.07) is 0.848. The van der Waals surface area contributed by atoms with Crippen LogP contribution in [0.25, 0.3) is 0 Å². The summed E-state index contributed by atoms with van der Waals surface area (Å²) in [5.41, 5.74) is 0.257. The highest BCUT2D eigenvalue weighted by atomic mass is 15.1. The van der Waals surface area contributed by atoms with E-state index in [2.05, 4.69) is 38.0 Å². The molecule has 1 rings (SSSR count). The summed E-state index contributed by atoms with van der Waals surface area (Å²) in [5, 5.41) is 3.55. The molecule has 0 spiro atoms. The predicted octanol–water partition coefficient (Wildman–Crippen LogP) is 2.64. The number of hydrogen-bond donors (Lipinski definition) is 1. The van der Waals surface area contributed by atoms with Crippen LogP contribution >= 0.6 is 0 Å². The van der Waals surface area contributed by atoms with Gasteiger partial charge in [-0.25, -0.2) is 0 Å². The van der Waals surface area contributed by atoms with E-state index in [9.17, 15) is 0 Å². The average Bonchev–Trinajstić information content (AvgIpc) is 2.17. The molecule has 1 aliphatic rings. The first-order valence-electron chi connectivity index (χ1n) is 6.44. The van der Waals surface area contributed by atoms with Crippen LogP contribution in [0.5, 0.6) is 0 Å². The molecule has 2 heteroatoms. The summed E-state index contributed by atoms with van der Waals surface area (Å²) < 4.78 is 0. The third kappa shape index (κ3) is 5.53. The minimum Gasteiger partial charge on any atom is -0.311 e. The molecule has 1 aliphatic carbocycles. The number of nitrogens with one attached hydrogen (secondary N) is 1. The van der Waals surface area contributed by atoms with E-state index in [1.54, 1.807) is 0 Å². The van der Waals surface area contributed by atoms with Gasteiger partial charge < -0.3 is 10.2 Å². The van der Waals surface area contributed by atoms with Crippen molar-refractivity contribution in [1.82, 2.24) is 10.2 Å². The Balaban J connectivity index is 2.14. The van der Waals surface area contributed by atoms with Gasteiger partial charge in [0, 0.05) is 24.7 Å². The summed E-state index contributed by atoms with van der Waals surface area (Å²) in [6.45, 7) is 8.98. The van der Waals surface area contributed by atoms with Crippen molar-refractivity contribution in [2.45, 2.75) is 64.5 Å². The van der Waals surface area contributed by atoms with Gasteiger partial charge in [-0.2, -0.15) is 0 Å². The molecular weight excluding hydrogens is 184 g/mol. The molecule has 1 N–H and O–H groups in total. The largest absolute Gasteiger partial charge is 0.311 e. The Morgan fingerprint density at radius 3 is 2.27 bits per heavy atom. The molecular formula is C13H28N2. The average molecular weight is 212 g/mol. The van der Waals surface area contributed by atoms with Crippen LogP contribution in [0.4, 0.5) is 0 Å². The van der Waals surface area contributed by atoms with E-state index in [0.29, 0.717) is 0 Å². The molecule has 15 heavy (non-hydrogen) atoms. The van der Waals surface area contributed by atoms with E-state index in [1.807, 2.05) is 0 Å². The van der Waals surface area contributed by atoms with Crippen molar-refractivity contribution in [2.24, 2.45) is 0 Å². The van der Waals surface area contributed by atoms with Crippen molar-refractivity contribution in [3.8, 4) is 0 Å². The van der Waals surface area contributed by atoms with E-state index in [0.717, 1.165) is 12.6 Å². The quantitative estimate of drug-likeness (QED) is 0.770. The molecule has 0 atom stereocenters. The number of likely N-dealkylation sites (N-methyl/N-ethyl adjacent to an activating group) is 1. The topological polar surface area (TPSA) is 15.3 Å². The van der Waals surface area contributed by atoms with E-state index in [4.69, 9.17) is 0 Å². The van der Waals surface area contributed by atoms with Gasteiger partial charge in [0.15, 0.2) is 0 Å². The van der Waals surface area contributed by atoms with Crippen molar-refractivity contribution < 1.29 is 0 Å². The molecule has 0 heterocycles. The highest BCUT2D eigenvalue weighted by Crippen LogP contribution is 2.21. The molecule has 0 radical (unpaired) electrons. The van der Waals surface area contributed by atoms with E-state index in [1.165, 1.54) is 38.6 Å². The zero-order valence-electron chi connectivity index (χ0n) is 11.0. The highest BCUT2D eigenvalue weighted by Gasteiger charge is 2.17. The Kier molecular flexibility index (Phi) is 5.07. The lowest BCUT2D eigenvalue weighted by molar-refractivity contribution is 0.188. The van der Waals surface area contributed by atoms with Crippen molar-refractivity contribution in [2.75, 3.05) is 20.1 Å². The molecule has 0 amide bonds. The summed E-state index contributed by atoms with van der Waals surface area (Å²) >= 11 is 0. The van der Waals surface area contributed by atoms with Crippen LogP contribution in [0.1, 0.15) is 52.9 Å². The minimum atomic E-state index is 0.257. The van der Waals surface area contributed by atoms with Gasteiger partial charge in [-0.1, -0.05) is 19.3 Å². The van der Waals surface area contributed by atoms with Crippen molar-refractivity contribution in [3.63, 3.8) is 0 Å². The Morgan fingerprint density at radius 1 is 1.13 bits per heavy atom. The first-order valence-corrected chi connectivity index (χ1v) is 6.44. The first kappa shape index (κ1) is 13.0. The lowest BCUT2D eigenvalue weighted by Crippen LogP contribution is -2.43. The van der Waals surface area contributed by atoms with Crippen LogP contribution < -0.4 is 5.32 Å². The molecule has 90 valence electrons. The Morgan fingerprint density at radius 2 is 1.73 bits per heavy atom. The van der Waals surface area contributed by atoms with Crippen LogP contribution in [-0.2, 0) is 0 Å². The van der Waals surface area contributed by atoms with Gasteiger partial charge in [-0.15, -0.1) is 0 Å². The molecule has 0 aromatic heterocycles. The fourth-order valence-corrected chi connectivity index (χ4v) is 2.31. The van der Waals surface area contributed by atoms with Gasteiger partial charge in [0.1, 0.15) is 0 Å². The van der Waals surface area contributed by atoms with Gasteiger partial charge in [0.05, 0.1) is 0 Å². The van der Waals surface area contributed by atoms with Gasteiger partial charge in [0.2, 0.25) is 0 Å². The molecule has 0 aromatic rings. The monoisotopic (exact) mass is 212 g/mol. The number of hydrogen-bond acceptors (Lipinski definition) is 2. The zero-order valence-corrected chi connectivity index (χ0v) is 11.0. The van der Waals surface area contributed by atoms with Crippen molar-refractivity contribution >= 4 is 0 Å². The molecule has 1 saturated carbocycles. The van der Waals surface area contributed by atoms with Crippen LogP contribution in [0.3, 0.4) is 0 Å². The molecule has 2 nitrogen and oxygen atoms in total. The van der Waals surface area contributed by atoms with Gasteiger partial charge in [-0.3, -0.25) is 0 Å². The third-order valence-electron chi connectivity index (χ3n) is 3.32. The molecule has 0 unspecified atom stereocenters. The van der Waals surface area contributed by atoms with Crippen molar-refractivity contribution in [1.29, 1.82) is 0 Å². The van der Waals surface area contributed by atoms with Crippen LogP contribution in [0, 0.1) is 0 Å². The van der Waals surface area contributed by atoms with E-state index >= 15 is 0 Å². The Bertz CT molecular complexity index is 166. The van der Waals surface area contributed by atoms with Gasteiger partial charge in [-0.05, 0) is 40.7 Å². The lowest BCUT2D eigenvalue weighted by atomic mass is 9.94. The number of rotatable bonds is 4. The Hall–Kier alpha value is -0.0800. The van der Waals surface area contributed by atoms with Crippen LogP contribution in [0.15, 0.2) is 0 Å². The molecule has 0 saturated heterocycles. The van der Waals surface area contributed by atoms with E-state index in [-0.39, 0.29) is 5.54 Å². The first-order chi connectivity index (χ1) is 6.99. The van der Waals surface area contributed by atoms with Crippen LogP contribution in [0.2, 0.25) is 0 Å². The standard InChI is InChI=1S/C13H28N2/c1-13(2,3)14-10-11-15(4)12-8-6-5-7-9-12/h12,14H,5-11H2,1-4H3. The third-order valence-corrected chi connectivity index (χ3v) is 3.32. The minimum absolute atomic E-state index is 0.257. The summed E-state index contributed by atoms with van der Waals surface area (Å²) in [6.07, 6.45) is 7.13. The fraction of sp³-hybridized carbons (Fsp3) is 1.00.